The second-order valence-corrected chi connectivity index (χ2v) is 7.13. The number of benzene rings is 1. The summed E-state index contributed by atoms with van der Waals surface area (Å²) in [5, 5.41) is 10.3. The average Bonchev–Trinajstić information content (AvgIpc) is 3.41. The fourth-order valence-corrected chi connectivity index (χ4v) is 3.44. The summed E-state index contributed by atoms with van der Waals surface area (Å²) in [5.41, 5.74) is 0.962. The van der Waals surface area contributed by atoms with Crippen molar-refractivity contribution >= 4 is 5.91 Å². The van der Waals surface area contributed by atoms with Gasteiger partial charge in [-0.3, -0.25) is 9.69 Å². The first-order valence-electron chi connectivity index (χ1n) is 8.86. The standard InChI is InChI=1S/C19H28N2O2/c1-15(16-7-8-16)13-19(23)21-11-9-20(10-12-21)14-18(22)17-5-3-2-4-6-17/h2-6,15-16,18,22H,7-14H2,1H3/t15-,18-/m0/s1. The predicted octanol–water partition coefficient (Wildman–Crippen LogP) is 2.30. The van der Waals surface area contributed by atoms with E-state index in [9.17, 15) is 9.90 Å². The zero-order valence-electron chi connectivity index (χ0n) is 14.0. The van der Waals surface area contributed by atoms with E-state index in [1.54, 1.807) is 0 Å². The predicted molar refractivity (Wildman–Crippen MR) is 90.9 cm³/mol. The molecule has 0 radical (unpaired) electrons. The number of aliphatic hydroxyl groups is 1. The number of piperazine rings is 1. The number of carbonyl (C=O) groups excluding carboxylic acids is 1. The van der Waals surface area contributed by atoms with Crippen molar-refractivity contribution in [1.82, 2.24) is 9.80 Å². The number of carbonyl (C=O) groups is 1. The maximum Gasteiger partial charge on any atom is 0.222 e. The SMILES string of the molecule is C[C@@H](CC(=O)N1CCN(C[C@H](O)c2ccccc2)CC1)C1CC1. The lowest BCUT2D eigenvalue weighted by Crippen LogP contribution is -2.49. The Morgan fingerprint density at radius 2 is 1.83 bits per heavy atom. The lowest BCUT2D eigenvalue weighted by Gasteiger charge is -2.36. The van der Waals surface area contributed by atoms with E-state index in [4.69, 9.17) is 0 Å². The summed E-state index contributed by atoms with van der Waals surface area (Å²) in [7, 11) is 0. The van der Waals surface area contributed by atoms with E-state index in [1.165, 1.54) is 12.8 Å². The Kier molecular flexibility index (Phi) is 5.34. The summed E-state index contributed by atoms with van der Waals surface area (Å²) in [6, 6.07) is 9.79. The maximum absolute atomic E-state index is 12.3. The van der Waals surface area contributed by atoms with E-state index in [1.807, 2.05) is 35.2 Å². The summed E-state index contributed by atoms with van der Waals surface area (Å²) in [5.74, 6) is 1.65. The second-order valence-electron chi connectivity index (χ2n) is 7.13. The van der Waals surface area contributed by atoms with Gasteiger partial charge in [-0.2, -0.15) is 0 Å². The van der Waals surface area contributed by atoms with Crippen LogP contribution in [0.3, 0.4) is 0 Å². The van der Waals surface area contributed by atoms with Crippen LogP contribution in [-0.4, -0.2) is 53.5 Å². The molecule has 2 fully saturated rings. The Labute approximate surface area is 139 Å². The van der Waals surface area contributed by atoms with Crippen LogP contribution in [-0.2, 0) is 4.79 Å². The third-order valence-corrected chi connectivity index (χ3v) is 5.26. The Bertz CT molecular complexity index is 507. The normalized spacial score (nSPS) is 21.9. The molecule has 3 rings (SSSR count). The van der Waals surface area contributed by atoms with Crippen LogP contribution in [0.2, 0.25) is 0 Å². The Balaban J connectivity index is 1.42. The minimum atomic E-state index is -0.451. The van der Waals surface area contributed by atoms with Gasteiger partial charge in [-0.05, 0) is 30.2 Å². The molecule has 1 aliphatic heterocycles. The number of amides is 1. The third kappa shape index (κ3) is 4.55. The van der Waals surface area contributed by atoms with Crippen LogP contribution >= 0.6 is 0 Å². The Hall–Kier alpha value is -1.39. The molecule has 0 spiro atoms. The fourth-order valence-electron chi connectivity index (χ4n) is 3.44. The van der Waals surface area contributed by atoms with Crippen LogP contribution in [0.15, 0.2) is 30.3 Å². The van der Waals surface area contributed by atoms with Crippen LogP contribution in [0.25, 0.3) is 0 Å². The molecule has 1 amide bonds. The van der Waals surface area contributed by atoms with E-state index < -0.39 is 6.10 Å². The quantitative estimate of drug-likeness (QED) is 0.876. The first-order valence-corrected chi connectivity index (χ1v) is 8.86. The summed E-state index contributed by atoms with van der Waals surface area (Å²) in [4.78, 5) is 16.6. The molecule has 1 aromatic rings. The molecule has 1 N–H and O–H groups in total. The summed E-state index contributed by atoms with van der Waals surface area (Å²) < 4.78 is 0. The van der Waals surface area contributed by atoms with Crippen LogP contribution in [0.4, 0.5) is 0 Å². The Morgan fingerprint density at radius 1 is 1.17 bits per heavy atom. The van der Waals surface area contributed by atoms with E-state index in [2.05, 4.69) is 11.8 Å². The first-order chi connectivity index (χ1) is 11.1. The van der Waals surface area contributed by atoms with E-state index in [-0.39, 0.29) is 0 Å². The average molecular weight is 316 g/mol. The molecule has 23 heavy (non-hydrogen) atoms. The van der Waals surface area contributed by atoms with Gasteiger partial charge in [-0.1, -0.05) is 37.3 Å². The number of rotatable bonds is 6. The molecule has 1 aromatic carbocycles. The van der Waals surface area contributed by atoms with Crippen molar-refractivity contribution < 1.29 is 9.90 Å². The molecule has 1 heterocycles. The summed E-state index contributed by atoms with van der Waals surface area (Å²) in [6.07, 6.45) is 2.87. The smallest absolute Gasteiger partial charge is 0.222 e. The summed E-state index contributed by atoms with van der Waals surface area (Å²) in [6.45, 7) is 6.14. The van der Waals surface area contributed by atoms with Crippen LogP contribution in [0.1, 0.15) is 37.9 Å². The van der Waals surface area contributed by atoms with Crippen molar-refractivity contribution in [1.29, 1.82) is 0 Å². The molecule has 1 aliphatic carbocycles. The number of hydrogen-bond acceptors (Lipinski definition) is 3. The fraction of sp³-hybridized carbons (Fsp3) is 0.632. The second kappa shape index (κ2) is 7.45. The van der Waals surface area contributed by atoms with Gasteiger partial charge in [0.05, 0.1) is 6.10 Å². The van der Waals surface area contributed by atoms with Crippen LogP contribution in [0.5, 0.6) is 0 Å². The molecule has 0 aromatic heterocycles. The summed E-state index contributed by atoms with van der Waals surface area (Å²) >= 11 is 0. The molecule has 4 heteroatoms. The lowest BCUT2D eigenvalue weighted by atomic mass is 10.0. The van der Waals surface area contributed by atoms with Crippen LogP contribution in [0, 0.1) is 11.8 Å². The van der Waals surface area contributed by atoms with E-state index >= 15 is 0 Å². The van der Waals surface area contributed by atoms with Crippen molar-refractivity contribution in [2.24, 2.45) is 11.8 Å². The molecule has 0 bridgehead atoms. The monoisotopic (exact) mass is 316 g/mol. The number of aliphatic hydroxyl groups excluding tert-OH is 1. The van der Waals surface area contributed by atoms with E-state index in [0.29, 0.717) is 24.8 Å². The van der Waals surface area contributed by atoms with Crippen LogP contribution < -0.4 is 0 Å². The van der Waals surface area contributed by atoms with Gasteiger partial charge in [-0.25, -0.2) is 0 Å². The van der Waals surface area contributed by atoms with Gasteiger partial charge in [0.2, 0.25) is 5.91 Å². The molecule has 4 nitrogen and oxygen atoms in total. The largest absolute Gasteiger partial charge is 0.387 e. The van der Waals surface area contributed by atoms with Crippen molar-refractivity contribution in [3.05, 3.63) is 35.9 Å². The van der Waals surface area contributed by atoms with Gasteiger partial charge in [0.25, 0.3) is 0 Å². The molecule has 1 saturated heterocycles. The van der Waals surface area contributed by atoms with Gasteiger partial charge in [0, 0.05) is 39.1 Å². The van der Waals surface area contributed by atoms with E-state index in [0.717, 1.165) is 37.7 Å². The van der Waals surface area contributed by atoms with Crippen molar-refractivity contribution in [2.45, 2.75) is 32.3 Å². The first kappa shape index (κ1) is 16.5. The van der Waals surface area contributed by atoms with Gasteiger partial charge < -0.3 is 10.0 Å². The maximum atomic E-state index is 12.3. The molecule has 2 atom stereocenters. The van der Waals surface area contributed by atoms with Gasteiger partial charge in [0.15, 0.2) is 0 Å². The molecular formula is C19H28N2O2. The number of hydrogen-bond donors (Lipinski definition) is 1. The molecule has 1 saturated carbocycles. The zero-order chi connectivity index (χ0) is 16.2. The van der Waals surface area contributed by atoms with Crippen molar-refractivity contribution in [2.75, 3.05) is 32.7 Å². The lowest BCUT2D eigenvalue weighted by molar-refractivity contribution is -0.134. The molecule has 126 valence electrons. The highest BCUT2D eigenvalue weighted by Gasteiger charge is 2.31. The minimum absolute atomic E-state index is 0.313. The number of nitrogens with zero attached hydrogens (tertiary/aromatic N) is 2. The zero-order valence-corrected chi connectivity index (χ0v) is 14.0. The van der Waals surface area contributed by atoms with Gasteiger partial charge >= 0.3 is 0 Å². The van der Waals surface area contributed by atoms with Gasteiger partial charge in [0.1, 0.15) is 0 Å². The highest BCUT2D eigenvalue weighted by Crippen LogP contribution is 2.38. The Morgan fingerprint density at radius 3 is 2.43 bits per heavy atom. The minimum Gasteiger partial charge on any atom is -0.387 e. The van der Waals surface area contributed by atoms with Crippen molar-refractivity contribution in [3.8, 4) is 0 Å². The molecular weight excluding hydrogens is 288 g/mol. The third-order valence-electron chi connectivity index (χ3n) is 5.26. The topological polar surface area (TPSA) is 43.8 Å². The number of β-amino-alcohol motifs (C(OH)–C–C–N with tert-alkyl or cyclic N) is 1. The highest BCUT2D eigenvalue weighted by molar-refractivity contribution is 5.76. The van der Waals surface area contributed by atoms with Crippen molar-refractivity contribution in [3.63, 3.8) is 0 Å². The molecule has 0 unspecified atom stereocenters. The highest BCUT2D eigenvalue weighted by atomic mass is 16.3. The molecule has 2 aliphatic rings. The van der Waals surface area contributed by atoms with Gasteiger partial charge in [-0.15, -0.1) is 0 Å².